The Hall–Kier alpha value is -0.510. The van der Waals surface area contributed by atoms with Gasteiger partial charge >= 0.3 is 0 Å². The molecule has 1 aliphatic heterocycles. The zero-order valence-corrected chi connectivity index (χ0v) is 12.6. The summed E-state index contributed by atoms with van der Waals surface area (Å²) in [5.74, 6) is 1.14. The Morgan fingerprint density at radius 2 is 2.21 bits per heavy atom. The Bertz CT molecular complexity index is 338. The van der Waals surface area contributed by atoms with Gasteiger partial charge in [0.1, 0.15) is 0 Å². The molecule has 0 amide bonds. The van der Waals surface area contributed by atoms with Crippen molar-refractivity contribution in [3.8, 4) is 0 Å². The number of nitrogens with one attached hydrogen (secondary N) is 1. The lowest BCUT2D eigenvalue weighted by atomic mass is 10.1. The molecule has 0 aromatic heterocycles. The molecule has 2 rings (SSSR count). The lowest BCUT2D eigenvalue weighted by molar-refractivity contribution is 0.100. The predicted octanol–water partition coefficient (Wildman–Crippen LogP) is 3.72. The van der Waals surface area contributed by atoms with Gasteiger partial charge in [-0.05, 0) is 44.4 Å². The summed E-state index contributed by atoms with van der Waals surface area (Å²) in [6.07, 6.45) is 5.44. The third-order valence-electron chi connectivity index (χ3n) is 3.55. The van der Waals surface area contributed by atoms with E-state index in [1.54, 1.807) is 0 Å². The second kappa shape index (κ2) is 8.62. The molecular formula is C16H25NOS. The Morgan fingerprint density at radius 3 is 2.89 bits per heavy atom. The van der Waals surface area contributed by atoms with Crippen molar-refractivity contribution in [2.45, 2.75) is 49.6 Å². The molecule has 2 unspecified atom stereocenters. The number of benzene rings is 1. The highest BCUT2D eigenvalue weighted by atomic mass is 32.2. The van der Waals surface area contributed by atoms with Gasteiger partial charge in [-0.25, -0.2) is 0 Å². The molecule has 0 bridgehead atoms. The van der Waals surface area contributed by atoms with Crippen molar-refractivity contribution in [2.24, 2.45) is 0 Å². The Morgan fingerprint density at radius 1 is 1.37 bits per heavy atom. The first-order valence-corrected chi connectivity index (χ1v) is 8.40. The molecule has 1 heterocycles. The van der Waals surface area contributed by atoms with Crippen LogP contribution in [0.5, 0.6) is 0 Å². The lowest BCUT2D eigenvalue weighted by Crippen LogP contribution is -2.32. The summed E-state index contributed by atoms with van der Waals surface area (Å²) < 4.78 is 5.71. The molecule has 1 fully saturated rings. The van der Waals surface area contributed by atoms with Crippen molar-refractivity contribution in [3.63, 3.8) is 0 Å². The van der Waals surface area contributed by atoms with E-state index in [9.17, 15) is 0 Å². The summed E-state index contributed by atoms with van der Waals surface area (Å²) >= 11 is 1.95. The maximum absolute atomic E-state index is 5.71. The van der Waals surface area contributed by atoms with Gasteiger partial charge in [-0.3, -0.25) is 0 Å². The molecule has 0 aliphatic carbocycles. The minimum absolute atomic E-state index is 0.517. The highest BCUT2D eigenvalue weighted by molar-refractivity contribution is 7.99. The van der Waals surface area contributed by atoms with E-state index < -0.39 is 0 Å². The van der Waals surface area contributed by atoms with Gasteiger partial charge in [-0.2, -0.15) is 0 Å². The molecule has 3 heteroatoms. The molecule has 1 N–H and O–H groups in total. The molecule has 2 atom stereocenters. The maximum Gasteiger partial charge on any atom is 0.0576 e. The zero-order valence-electron chi connectivity index (χ0n) is 11.8. The number of hydrogen-bond acceptors (Lipinski definition) is 3. The second-order valence-electron chi connectivity index (χ2n) is 5.09. The van der Waals surface area contributed by atoms with Crippen LogP contribution >= 0.6 is 11.8 Å². The summed E-state index contributed by atoms with van der Waals surface area (Å²) in [6, 6.07) is 11.3. The average molecular weight is 279 g/mol. The molecule has 106 valence electrons. The van der Waals surface area contributed by atoms with E-state index in [1.165, 1.54) is 30.6 Å². The van der Waals surface area contributed by atoms with Crippen LogP contribution in [-0.2, 0) is 4.74 Å². The van der Waals surface area contributed by atoms with E-state index in [0.29, 0.717) is 12.1 Å². The molecule has 1 saturated heterocycles. The van der Waals surface area contributed by atoms with Crippen LogP contribution in [0.4, 0.5) is 0 Å². The van der Waals surface area contributed by atoms with Crippen LogP contribution in [0.25, 0.3) is 0 Å². The van der Waals surface area contributed by atoms with Crippen molar-refractivity contribution in [1.29, 1.82) is 0 Å². The van der Waals surface area contributed by atoms with Crippen LogP contribution in [0, 0.1) is 0 Å². The molecule has 1 aromatic carbocycles. The fraction of sp³-hybridized carbons (Fsp3) is 0.625. The van der Waals surface area contributed by atoms with Gasteiger partial charge in [-0.15, -0.1) is 11.8 Å². The summed E-state index contributed by atoms with van der Waals surface area (Å²) in [5, 5.41) is 3.60. The summed E-state index contributed by atoms with van der Waals surface area (Å²) in [6.45, 7) is 4.20. The molecule has 19 heavy (non-hydrogen) atoms. The number of ether oxygens (including phenoxy) is 1. The first-order chi connectivity index (χ1) is 9.38. The SMILES string of the molecule is CCNC(CCC1CCCO1)CSc1ccccc1. The zero-order chi connectivity index (χ0) is 13.3. The van der Waals surface area contributed by atoms with Crippen LogP contribution in [0.3, 0.4) is 0 Å². The van der Waals surface area contributed by atoms with Crippen molar-refractivity contribution in [1.82, 2.24) is 5.32 Å². The van der Waals surface area contributed by atoms with Crippen molar-refractivity contribution in [2.75, 3.05) is 18.9 Å². The molecule has 2 nitrogen and oxygen atoms in total. The van der Waals surface area contributed by atoms with E-state index in [4.69, 9.17) is 4.74 Å². The van der Waals surface area contributed by atoms with E-state index in [1.807, 2.05) is 11.8 Å². The highest BCUT2D eigenvalue weighted by Crippen LogP contribution is 2.22. The highest BCUT2D eigenvalue weighted by Gasteiger charge is 2.17. The molecular weight excluding hydrogens is 254 g/mol. The summed E-state index contributed by atoms with van der Waals surface area (Å²) in [7, 11) is 0. The van der Waals surface area contributed by atoms with Gasteiger partial charge < -0.3 is 10.1 Å². The number of thioether (sulfide) groups is 1. The van der Waals surface area contributed by atoms with Crippen LogP contribution in [0.15, 0.2) is 35.2 Å². The van der Waals surface area contributed by atoms with Gasteiger partial charge in [0.05, 0.1) is 6.10 Å². The monoisotopic (exact) mass is 279 g/mol. The third kappa shape index (κ3) is 5.55. The van der Waals surface area contributed by atoms with Gasteiger partial charge in [0.2, 0.25) is 0 Å². The molecule has 0 saturated carbocycles. The van der Waals surface area contributed by atoms with Crippen molar-refractivity contribution >= 4 is 11.8 Å². The fourth-order valence-corrected chi connectivity index (χ4v) is 3.53. The maximum atomic E-state index is 5.71. The second-order valence-corrected chi connectivity index (χ2v) is 6.18. The van der Waals surface area contributed by atoms with E-state index in [2.05, 4.69) is 42.6 Å². The van der Waals surface area contributed by atoms with Crippen LogP contribution in [-0.4, -0.2) is 31.1 Å². The fourth-order valence-electron chi connectivity index (χ4n) is 2.51. The molecule has 0 spiro atoms. The van der Waals surface area contributed by atoms with Gasteiger partial charge in [-0.1, -0.05) is 25.1 Å². The van der Waals surface area contributed by atoms with Gasteiger partial charge in [0, 0.05) is 23.3 Å². The van der Waals surface area contributed by atoms with E-state index in [-0.39, 0.29) is 0 Å². The number of rotatable bonds is 8. The summed E-state index contributed by atoms with van der Waals surface area (Å²) in [5.41, 5.74) is 0. The van der Waals surface area contributed by atoms with E-state index >= 15 is 0 Å². The largest absolute Gasteiger partial charge is 0.378 e. The van der Waals surface area contributed by atoms with Gasteiger partial charge in [0.25, 0.3) is 0 Å². The summed E-state index contributed by atoms with van der Waals surface area (Å²) in [4.78, 5) is 1.36. The molecule has 1 aliphatic rings. The van der Waals surface area contributed by atoms with E-state index in [0.717, 1.165) is 18.9 Å². The minimum Gasteiger partial charge on any atom is -0.378 e. The smallest absolute Gasteiger partial charge is 0.0576 e. The van der Waals surface area contributed by atoms with Crippen LogP contribution < -0.4 is 5.32 Å². The van der Waals surface area contributed by atoms with Crippen LogP contribution in [0.2, 0.25) is 0 Å². The van der Waals surface area contributed by atoms with Gasteiger partial charge in [0.15, 0.2) is 0 Å². The normalized spacial score (nSPS) is 20.6. The molecule has 0 radical (unpaired) electrons. The Labute approximate surface area is 121 Å². The predicted molar refractivity (Wildman–Crippen MR) is 82.8 cm³/mol. The Balaban J connectivity index is 1.72. The number of hydrogen-bond donors (Lipinski definition) is 1. The third-order valence-corrected chi connectivity index (χ3v) is 4.72. The first-order valence-electron chi connectivity index (χ1n) is 7.41. The topological polar surface area (TPSA) is 21.3 Å². The lowest BCUT2D eigenvalue weighted by Gasteiger charge is -2.19. The average Bonchev–Trinajstić information content (AvgIpc) is 2.96. The van der Waals surface area contributed by atoms with Crippen molar-refractivity contribution < 1.29 is 4.74 Å². The Kier molecular flexibility index (Phi) is 6.75. The standard InChI is InChI=1S/C16H25NOS/c1-2-17-14(10-11-15-7-6-12-18-15)13-19-16-8-4-3-5-9-16/h3-5,8-9,14-15,17H,2,6-7,10-13H2,1H3. The van der Waals surface area contributed by atoms with Crippen LogP contribution in [0.1, 0.15) is 32.6 Å². The molecule has 1 aromatic rings. The van der Waals surface area contributed by atoms with Crippen molar-refractivity contribution in [3.05, 3.63) is 30.3 Å². The quantitative estimate of drug-likeness (QED) is 0.733. The minimum atomic E-state index is 0.517. The first kappa shape index (κ1) is 14.9.